The summed E-state index contributed by atoms with van der Waals surface area (Å²) in [6.07, 6.45) is 4.05. The monoisotopic (exact) mass is 651 g/mol. The zero-order chi connectivity index (χ0) is 32.4. The summed E-state index contributed by atoms with van der Waals surface area (Å²) in [6, 6.07) is 5.18. The lowest BCUT2D eigenvalue weighted by Crippen LogP contribution is -2.44. The summed E-state index contributed by atoms with van der Waals surface area (Å²) in [5.41, 5.74) is -0.909. The predicted octanol–water partition coefficient (Wildman–Crippen LogP) is 5.62. The minimum atomic E-state index is -1.15. The highest BCUT2D eigenvalue weighted by Gasteiger charge is 2.49. The summed E-state index contributed by atoms with van der Waals surface area (Å²) in [5.74, 6) is -2.57. The molecule has 3 saturated heterocycles. The number of rotatable bonds is 8. The van der Waals surface area contributed by atoms with Gasteiger partial charge in [-0.05, 0) is 55.8 Å². The van der Waals surface area contributed by atoms with Gasteiger partial charge in [-0.2, -0.15) is 9.97 Å². The minimum absolute atomic E-state index is 0.0327. The van der Waals surface area contributed by atoms with Crippen molar-refractivity contribution in [3.05, 3.63) is 47.9 Å². The van der Waals surface area contributed by atoms with Gasteiger partial charge in [0.25, 0.3) is 0 Å². The van der Waals surface area contributed by atoms with Gasteiger partial charge in [0.05, 0.1) is 10.9 Å². The Morgan fingerprint density at radius 2 is 1.83 bits per heavy atom. The van der Waals surface area contributed by atoms with Crippen LogP contribution in [0.2, 0.25) is 0 Å². The molecule has 47 heavy (non-hydrogen) atoms. The largest absolute Gasteiger partial charge is 0.468 e. The molecule has 2 unspecified atom stereocenters. The van der Waals surface area contributed by atoms with Crippen LogP contribution in [-0.2, 0) is 9.53 Å². The number of aromatic nitrogens is 3. The summed E-state index contributed by atoms with van der Waals surface area (Å²) in [4.78, 5) is 30.4. The van der Waals surface area contributed by atoms with Gasteiger partial charge in [0.15, 0.2) is 24.2 Å². The molecular weight excluding hydrogens is 618 g/mol. The number of ketones is 1. The van der Waals surface area contributed by atoms with Crippen molar-refractivity contribution in [1.29, 1.82) is 0 Å². The lowest BCUT2D eigenvalue weighted by molar-refractivity contribution is -0.124. The van der Waals surface area contributed by atoms with Gasteiger partial charge < -0.3 is 19.1 Å². The van der Waals surface area contributed by atoms with Crippen molar-refractivity contribution in [1.82, 2.24) is 19.9 Å². The summed E-state index contributed by atoms with van der Waals surface area (Å²) in [7, 11) is 1.44. The number of piperidine rings is 1. The highest BCUT2D eigenvalue weighted by molar-refractivity contribution is 6.00. The van der Waals surface area contributed by atoms with Crippen molar-refractivity contribution in [2.45, 2.75) is 43.8 Å². The van der Waals surface area contributed by atoms with Gasteiger partial charge in [0.1, 0.15) is 41.3 Å². The Balaban J connectivity index is 1.27. The fourth-order valence-corrected chi connectivity index (χ4v) is 8.09. The molecule has 9 nitrogen and oxygen atoms in total. The van der Waals surface area contributed by atoms with Crippen LogP contribution < -0.4 is 14.4 Å². The number of alkyl halides is 1. The Morgan fingerprint density at radius 3 is 2.62 bits per heavy atom. The maximum absolute atomic E-state index is 16.8. The van der Waals surface area contributed by atoms with Crippen LogP contribution in [0.1, 0.15) is 32.1 Å². The molecule has 0 amide bonds. The molecule has 0 N–H and O–H groups in total. The normalized spacial score (nSPS) is 25.7. The summed E-state index contributed by atoms with van der Waals surface area (Å²) in [5, 5.41) is 0.401. The van der Waals surface area contributed by atoms with E-state index in [9.17, 15) is 13.6 Å². The van der Waals surface area contributed by atoms with Crippen LogP contribution in [0.3, 0.4) is 0 Å². The molecule has 246 valence electrons. The molecule has 4 fully saturated rings. The van der Waals surface area contributed by atoms with Crippen LogP contribution >= 0.6 is 0 Å². The van der Waals surface area contributed by atoms with Crippen LogP contribution in [-0.4, -0.2) is 84.0 Å². The molecule has 1 aliphatic carbocycles. The van der Waals surface area contributed by atoms with Crippen LogP contribution in [0.25, 0.3) is 32.9 Å². The van der Waals surface area contributed by atoms with E-state index in [0.29, 0.717) is 37.3 Å². The molecule has 2 bridgehead atoms. The van der Waals surface area contributed by atoms with E-state index in [1.54, 1.807) is 0 Å². The quantitative estimate of drug-likeness (QED) is 0.178. The number of fused-ring (bicyclic) bond motifs is 5. The van der Waals surface area contributed by atoms with Crippen LogP contribution in [0.4, 0.5) is 23.4 Å². The van der Waals surface area contributed by atoms with Gasteiger partial charge >= 0.3 is 6.01 Å². The number of nitrogens with zero attached hydrogens (tertiary/aromatic N) is 5. The average Bonchev–Trinajstić information content (AvgIpc) is 3.64. The number of anilines is 1. The summed E-state index contributed by atoms with van der Waals surface area (Å²) >= 11 is 0. The van der Waals surface area contributed by atoms with Gasteiger partial charge in [0.2, 0.25) is 0 Å². The second-order valence-corrected chi connectivity index (χ2v) is 13.1. The van der Waals surface area contributed by atoms with Crippen LogP contribution in [0.5, 0.6) is 11.8 Å². The number of carbonyl (C=O) groups is 1. The van der Waals surface area contributed by atoms with E-state index in [4.69, 9.17) is 19.2 Å². The topological polar surface area (TPSA) is 89.9 Å². The fraction of sp³-hybridized carbons (Fsp3) is 0.471. The maximum atomic E-state index is 16.8. The summed E-state index contributed by atoms with van der Waals surface area (Å²) < 4.78 is 77.9. The van der Waals surface area contributed by atoms with E-state index in [2.05, 4.69) is 14.9 Å². The molecule has 3 aliphatic heterocycles. The third-order valence-corrected chi connectivity index (χ3v) is 10.3. The first-order valence-electron chi connectivity index (χ1n) is 16.0. The zero-order valence-corrected chi connectivity index (χ0v) is 25.8. The zero-order valence-electron chi connectivity index (χ0n) is 25.8. The Morgan fingerprint density at radius 1 is 1.02 bits per heavy atom. The SMILES string of the molecule is COCOc1cc(-c2ncc3c(N4CC5CCC(C4)C5=O)nc(OC[C@@]45CCCN4C[C@H](F)C5)nc3c2F)c2c(F)c(F)ccc2c1. The highest BCUT2D eigenvalue weighted by Crippen LogP contribution is 2.43. The Labute approximate surface area is 267 Å². The lowest BCUT2D eigenvalue weighted by atomic mass is 9.95. The number of carbonyl (C=O) groups excluding carboxylic acids is 1. The highest BCUT2D eigenvalue weighted by atomic mass is 19.2. The first-order chi connectivity index (χ1) is 22.7. The smallest absolute Gasteiger partial charge is 0.319 e. The molecule has 4 atom stereocenters. The average molecular weight is 652 g/mol. The van der Waals surface area contributed by atoms with Crippen LogP contribution in [0.15, 0.2) is 30.5 Å². The molecule has 0 radical (unpaired) electrons. The molecule has 5 heterocycles. The number of benzene rings is 2. The molecule has 0 spiro atoms. The van der Waals surface area contributed by atoms with Gasteiger partial charge in [-0.25, -0.2) is 17.6 Å². The lowest BCUT2D eigenvalue weighted by Gasteiger charge is -2.33. The first-order valence-corrected chi connectivity index (χ1v) is 16.0. The second-order valence-electron chi connectivity index (χ2n) is 13.1. The van der Waals surface area contributed by atoms with Crippen molar-refractivity contribution in [3.63, 3.8) is 0 Å². The molecule has 8 rings (SSSR count). The number of hydrogen-bond donors (Lipinski definition) is 0. The molecule has 2 aromatic heterocycles. The number of hydrogen-bond acceptors (Lipinski definition) is 9. The Kier molecular flexibility index (Phi) is 7.43. The molecule has 2 aromatic carbocycles. The predicted molar refractivity (Wildman–Crippen MR) is 165 cm³/mol. The number of pyridine rings is 1. The molecule has 13 heteroatoms. The minimum Gasteiger partial charge on any atom is -0.468 e. The number of halogens is 4. The van der Waals surface area contributed by atoms with Crippen molar-refractivity contribution in [2.24, 2.45) is 11.8 Å². The molecule has 4 aromatic rings. The Hall–Kier alpha value is -4.10. The van der Waals surface area contributed by atoms with Gasteiger partial charge in [0, 0.05) is 62.1 Å². The van der Waals surface area contributed by atoms with Gasteiger partial charge in [-0.15, -0.1) is 0 Å². The van der Waals surface area contributed by atoms with E-state index in [1.165, 1.54) is 31.5 Å². The molecular formula is C34H33F4N5O4. The van der Waals surface area contributed by atoms with Gasteiger partial charge in [-0.3, -0.25) is 14.7 Å². The van der Waals surface area contributed by atoms with Crippen LogP contribution in [0, 0.1) is 29.3 Å². The second kappa shape index (κ2) is 11.6. The van der Waals surface area contributed by atoms with Crippen molar-refractivity contribution in [2.75, 3.05) is 51.6 Å². The standard InChI is InChI=1S/C34H33F4N5O4/c1-45-17-47-22-9-18-5-6-25(36)27(37)26(18)23(10-22)29-28(38)30-24(12-39-29)32(42-13-19-3-4-20(14-42)31(19)44)41-33(40-30)46-16-34-7-2-8-43(34)15-21(35)11-34/h5-6,9-10,12,19-21H,2-4,7-8,11,13-17H2,1H3/t19?,20?,21-,34+/m1/s1. The van der Waals surface area contributed by atoms with Crippen molar-refractivity contribution >= 4 is 33.3 Å². The van der Waals surface area contributed by atoms with Gasteiger partial charge in [-0.1, -0.05) is 6.07 Å². The number of ether oxygens (including phenoxy) is 3. The Bertz CT molecular complexity index is 1900. The third kappa shape index (κ3) is 5.05. The summed E-state index contributed by atoms with van der Waals surface area (Å²) in [6.45, 7) is 1.97. The molecule has 1 saturated carbocycles. The van der Waals surface area contributed by atoms with E-state index in [1.807, 2.05) is 4.90 Å². The third-order valence-electron chi connectivity index (χ3n) is 10.3. The first kappa shape index (κ1) is 30.2. The molecule has 4 aliphatic rings. The number of methoxy groups -OCH3 is 1. The van der Waals surface area contributed by atoms with E-state index >= 15 is 8.78 Å². The van der Waals surface area contributed by atoms with E-state index in [-0.39, 0.29) is 70.3 Å². The van der Waals surface area contributed by atoms with E-state index < -0.39 is 29.2 Å². The van der Waals surface area contributed by atoms with Crippen molar-refractivity contribution in [3.8, 4) is 23.0 Å². The fourth-order valence-electron chi connectivity index (χ4n) is 8.09. The number of Topliss-reactive ketones (excluding diaryl/α,β-unsaturated/α-hetero) is 1. The van der Waals surface area contributed by atoms with Crippen molar-refractivity contribution < 1.29 is 36.6 Å². The van der Waals surface area contributed by atoms with E-state index in [0.717, 1.165) is 38.3 Å². The maximum Gasteiger partial charge on any atom is 0.319 e.